The number of nitrogens with zero attached hydrogens (tertiary/aromatic N) is 4. The van der Waals surface area contributed by atoms with Crippen LogP contribution >= 0.6 is 10.6 Å². The Morgan fingerprint density at radius 1 is 1.16 bits per heavy atom. The number of Topliss-reactive ketones (excluding diaryl/α,β-unsaturated/α-hetero) is 1. The van der Waals surface area contributed by atoms with E-state index in [-0.39, 0.29) is 31.2 Å². The van der Waals surface area contributed by atoms with Gasteiger partial charge >= 0.3 is 0 Å². The second kappa shape index (κ2) is 9.37. The Labute approximate surface area is 217 Å². The van der Waals surface area contributed by atoms with Gasteiger partial charge in [0.15, 0.2) is 11.4 Å². The zero-order chi connectivity index (χ0) is 26.4. The molecule has 4 aromatic rings. The third-order valence-corrected chi connectivity index (χ3v) is 8.85. The van der Waals surface area contributed by atoms with E-state index in [1.807, 2.05) is 30.6 Å². The maximum atomic E-state index is 13.7. The van der Waals surface area contributed by atoms with Crippen molar-refractivity contribution < 1.29 is 20.1 Å². The third-order valence-electron chi connectivity index (χ3n) is 7.02. The molecule has 3 aromatic heterocycles. The summed E-state index contributed by atoms with van der Waals surface area (Å²) in [5.74, 6) is 0.270. The van der Waals surface area contributed by atoms with E-state index in [1.165, 1.54) is 0 Å². The normalized spacial score (nSPS) is 20.0. The van der Waals surface area contributed by atoms with Crippen LogP contribution in [0.3, 0.4) is 0 Å². The number of benzene rings is 1. The molecule has 0 spiro atoms. The summed E-state index contributed by atoms with van der Waals surface area (Å²) in [7, 11) is -2.79. The number of hydrogen-bond donors (Lipinski definition) is 3. The molecule has 0 radical (unpaired) electrons. The van der Waals surface area contributed by atoms with Crippen LogP contribution in [0.4, 0.5) is 5.82 Å². The summed E-state index contributed by atoms with van der Waals surface area (Å²) in [5, 5.41) is 2.82. The molecule has 2 unspecified atom stereocenters. The van der Waals surface area contributed by atoms with Gasteiger partial charge in [-0.15, -0.1) is 0 Å². The van der Waals surface area contributed by atoms with Gasteiger partial charge in [-0.3, -0.25) is 23.7 Å². The number of fused-ring (bicyclic) bond motifs is 2. The van der Waals surface area contributed by atoms with Crippen molar-refractivity contribution in [3.8, 4) is 0 Å². The first kappa shape index (κ1) is 25.1. The van der Waals surface area contributed by atoms with Gasteiger partial charge in [-0.05, 0) is 50.1 Å². The Kier molecular flexibility index (Phi) is 6.35. The molecule has 0 saturated carbocycles. The lowest BCUT2D eigenvalue weighted by Crippen LogP contribution is -2.40. The fourth-order valence-electron chi connectivity index (χ4n) is 5.02. The average molecular weight is 522 g/mol. The van der Waals surface area contributed by atoms with Crippen LogP contribution in [0.15, 0.2) is 66.1 Å². The van der Waals surface area contributed by atoms with E-state index in [1.54, 1.807) is 55.7 Å². The fourth-order valence-corrected chi connectivity index (χ4v) is 5.93. The number of ketones is 1. The van der Waals surface area contributed by atoms with Crippen LogP contribution in [-0.4, -0.2) is 45.9 Å². The van der Waals surface area contributed by atoms with Crippen molar-refractivity contribution in [2.75, 3.05) is 11.1 Å². The molecule has 0 bridgehead atoms. The van der Waals surface area contributed by atoms with E-state index < -0.39 is 16.0 Å². The van der Waals surface area contributed by atoms with Crippen molar-refractivity contribution in [2.24, 2.45) is 0 Å². The molecule has 10 heteroatoms. The van der Waals surface area contributed by atoms with Crippen molar-refractivity contribution in [3.63, 3.8) is 0 Å². The molecule has 1 aromatic carbocycles. The topological polar surface area (TPSA) is 130 Å². The van der Waals surface area contributed by atoms with Gasteiger partial charge in [-0.1, -0.05) is 19.1 Å². The first-order chi connectivity index (χ1) is 17.6. The van der Waals surface area contributed by atoms with Gasteiger partial charge in [0.25, 0.3) is 0 Å². The number of imidazole rings is 1. The predicted octanol–water partition coefficient (Wildman–Crippen LogP) is 5.33. The van der Waals surface area contributed by atoms with E-state index in [2.05, 4.69) is 20.3 Å². The zero-order valence-electron chi connectivity index (χ0n) is 20.9. The zero-order valence-corrected chi connectivity index (χ0v) is 21.7. The van der Waals surface area contributed by atoms with Crippen molar-refractivity contribution in [1.29, 1.82) is 0 Å². The van der Waals surface area contributed by atoms with Crippen LogP contribution in [0.5, 0.6) is 0 Å². The van der Waals surface area contributed by atoms with E-state index in [0.29, 0.717) is 39.7 Å². The Morgan fingerprint density at radius 2 is 1.86 bits per heavy atom. The Balaban J connectivity index is 0.00000336. The Bertz CT molecular complexity index is 1510. The minimum atomic E-state index is -2.79. The number of anilines is 1. The number of nitrogens with one attached hydrogen (secondary N) is 1. The lowest BCUT2D eigenvalue weighted by molar-refractivity contribution is -0.115. The molecule has 1 aliphatic carbocycles. The fraction of sp³-hybridized carbons (Fsp3) is 0.296. The summed E-state index contributed by atoms with van der Waals surface area (Å²) >= 11 is 0. The van der Waals surface area contributed by atoms with Crippen LogP contribution in [0.25, 0.3) is 5.65 Å². The number of amides is 1. The predicted molar refractivity (Wildman–Crippen MR) is 144 cm³/mol. The molecule has 3 N–H and O–H groups in total. The average Bonchev–Trinajstić information content (AvgIpc) is 3.37. The van der Waals surface area contributed by atoms with E-state index in [9.17, 15) is 18.7 Å². The lowest BCUT2D eigenvalue weighted by Gasteiger charge is -2.36. The molecule has 0 fully saturated rings. The van der Waals surface area contributed by atoms with Crippen LogP contribution in [0.1, 0.15) is 61.8 Å². The molecular weight excluding hydrogens is 490 g/mol. The monoisotopic (exact) mass is 521 g/mol. The number of rotatable bonds is 6. The number of carbonyl (C=O) groups excluding carboxylic acids is 2. The molecule has 194 valence electrons. The maximum absolute atomic E-state index is 13.7. The first-order valence-corrected chi connectivity index (χ1v) is 13.8. The molecule has 3 heterocycles. The largest absolute Gasteiger partial charge is 0.310 e. The molecule has 37 heavy (non-hydrogen) atoms. The van der Waals surface area contributed by atoms with E-state index >= 15 is 0 Å². The van der Waals surface area contributed by atoms with Gasteiger partial charge in [0.2, 0.25) is 5.91 Å². The summed E-state index contributed by atoms with van der Waals surface area (Å²) in [5.41, 5.74) is 2.39. The SMILES string of the molecule is CCS(O)(O)c1ccc(CC(=O)Nc2ccc3c(n2)C(C)CC(C)(c2nccn4ccnc24)C3=O)cc1.[HH]. The summed E-state index contributed by atoms with van der Waals surface area (Å²) in [4.78, 5) is 40.5. The van der Waals surface area contributed by atoms with Crippen molar-refractivity contribution in [3.05, 3.63) is 83.7 Å². The molecule has 5 rings (SSSR count). The van der Waals surface area contributed by atoms with Gasteiger partial charge in [0.1, 0.15) is 5.82 Å². The standard InChI is InChI=1S/C27H29N5O4S.H2/c1-4-37(35,36)19-7-5-18(6-8-19)15-22(33)30-21-10-9-20-23(31-21)17(2)16-27(3,25(20)34)24-26-29-12-14-32(26)13-11-28-24;/h5-14,17,35-36H,4,15-16H2,1-3H3,(H,30,31,33);1H. The van der Waals surface area contributed by atoms with Crippen molar-refractivity contribution in [1.82, 2.24) is 19.4 Å². The van der Waals surface area contributed by atoms with Crippen molar-refractivity contribution in [2.45, 2.75) is 49.8 Å². The van der Waals surface area contributed by atoms with Crippen molar-refractivity contribution >= 4 is 33.7 Å². The minimum absolute atomic E-state index is 0. The summed E-state index contributed by atoms with van der Waals surface area (Å²) in [6.45, 7) is 5.65. The van der Waals surface area contributed by atoms with E-state index in [4.69, 9.17) is 0 Å². The highest BCUT2D eigenvalue weighted by atomic mass is 32.3. The highest BCUT2D eigenvalue weighted by molar-refractivity contribution is 8.24. The summed E-state index contributed by atoms with van der Waals surface area (Å²) in [6.07, 6.45) is 7.64. The lowest BCUT2D eigenvalue weighted by atomic mass is 9.67. The number of carbonyl (C=O) groups is 2. The van der Waals surface area contributed by atoms with Gasteiger partial charge < -0.3 is 9.72 Å². The molecule has 2 atom stereocenters. The highest BCUT2D eigenvalue weighted by Crippen LogP contribution is 2.47. The number of hydrogen-bond acceptors (Lipinski definition) is 7. The minimum Gasteiger partial charge on any atom is -0.310 e. The molecule has 1 amide bonds. The quantitative estimate of drug-likeness (QED) is 0.313. The molecule has 9 nitrogen and oxygen atoms in total. The van der Waals surface area contributed by atoms with Gasteiger partial charge in [-0.2, -0.15) is 10.6 Å². The van der Waals surface area contributed by atoms with Gasteiger partial charge in [0, 0.05) is 43.4 Å². The molecular formula is C27H31N5O4S. The first-order valence-electron chi connectivity index (χ1n) is 12.1. The van der Waals surface area contributed by atoms with Crippen LogP contribution < -0.4 is 5.32 Å². The Hall–Kier alpha value is -3.60. The highest BCUT2D eigenvalue weighted by Gasteiger charge is 2.46. The second-order valence-electron chi connectivity index (χ2n) is 9.65. The smallest absolute Gasteiger partial charge is 0.229 e. The number of aromatic nitrogens is 4. The van der Waals surface area contributed by atoms with Crippen LogP contribution in [-0.2, 0) is 16.6 Å². The van der Waals surface area contributed by atoms with Crippen LogP contribution in [0, 0.1) is 0 Å². The second-order valence-corrected chi connectivity index (χ2v) is 12.0. The summed E-state index contributed by atoms with van der Waals surface area (Å²) in [6, 6.07) is 10.1. The summed E-state index contributed by atoms with van der Waals surface area (Å²) < 4.78 is 22.0. The number of pyridine rings is 1. The van der Waals surface area contributed by atoms with Gasteiger partial charge in [-0.25, -0.2) is 9.97 Å². The van der Waals surface area contributed by atoms with Crippen LogP contribution in [0.2, 0.25) is 0 Å². The third kappa shape index (κ3) is 4.52. The van der Waals surface area contributed by atoms with E-state index in [0.717, 1.165) is 5.56 Å². The molecule has 1 aliphatic rings. The molecule has 0 aliphatic heterocycles. The molecule has 0 saturated heterocycles. The Morgan fingerprint density at radius 3 is 2.57 bits per heavy atom. The maximum Gasteiger partial charge on any atom is 0.229 e. The van der Waals surface area contributed by atoms with Gasteiger partial charge in [0.05, 0.1) is 28.1 Å².